The van der Waals surface area contributed by atoms with Crippen LogP contribution in [0.25, 0.3) is 11.0 Å². The van der Waals surface area contributed by atoms with Crippen LogP contribution in [-0.2, 0) is 16.5 Å². The summed E-state index contributed by atoms with van der Waals surface area (Å²) >= 11 is 5.49. The van der Waals surface area contributed by atoms with Gasteiger partial charge in [-0.15, -0.1) is 0 Å². The van der Waals surface area contributed by atoms with Crippen LogP contribution in [0.15, 0.2) is 56.6 Å². The lowest BCUT2D eigenvalue weighted by Gasteiger charge is -2.05. The summed E-state index contributed by atoms with van der Waals surface area (Å²) in [4.78, 5) is 11.4. The first kappa shape index (κ1) is 20.0. The molecule has 0 aliphatic carbocycles. The van der Waals surface area contributed by atoms with Gasteiger partial charge in [-0.3, -0.25) is 4.55 Å². The first-order valence-corrected chi connectivity index (χ1v) is 9.43. The van der Waals surface area contributed by atoms with Crippen molar-refractivity contribution in [3.05, 3.63) is 69.0 Å². The van der Waals surface area contributed by atoms with E-state index in [-0.39, 0.29) is 16.3 Å². The molecule has 0 unspecified atom stereocenters. The zero-order valence-corrected chi connectivity index (χ0v) is 15.6. The van der Waals surface area contributed by atoms with E-state index in [0.717, 1.165) is 10.9 Å². The summed E-state index contributed by atoms with van der Waals surface area (Å²) < 4.78 is 34.6. The first-order chi connectivity index (χ1) is 12.1. The summed E-state index contributed by atoms with van der Waals surface area (Å²) in [5.41, 5.74) is 1.76. The molecule has 0 atom stereocenters. The van der Waals surface area contributed by atoms with E-state index in [1.807, 2.05) is 13.8 Å². The molecule has 0 saturated carbocycles. The largest absolute Gasteiger partial charge is 0.508 e. The normalized spacial score (nSPS) is 11.1. The summed E-state index contributed by atoms with van der Waals surface area (Å²) in [6, 6.07) is 10.1. The lowest BCUT2D eigenvalue weighted by molar-refractivity contribution is 0.472. The van der Waals surface area contributed by atoms with Crippen LogP contribution in [0, 0.1) is 6.92 Å². The Bertz CT molecular complexity index is 1090. The van der Waals surface area contributed by atoms with Crippen molar-refractivity contribution in [1.82, 2.24) is 0 Å². The molecule has 2 N–H and O–H groups in total. The van der Waals surface area contributed by atoms with E-state index >= 15 is 0 Å². The van der Waals surface area contributed by atoms with Crippen molar-refractivity contribution >= 4 is 32.7 Å². The Kier molecular flexibility index (Phi) is 6.07. The summed E-state index contributed by atoms with van der Waals surface area (Å²) in [6.07, 6.45) is 0.658. The molecule has 2 aromatic carbocycles. The smallest absolute Gasteiger partial charge is 0.339 e. The van der Waals surface area contributed by atoms with Gasteiger partial charge in [0.1, 0.15) is 11.3 Å². The topological polar surface area (TPSA) is 105 Å². The quantitative estimate of drug-likeness (QED) is 0.501. The lowest BCUT2D eigenvalue weighted by atomic mass is 10.0. The fraction of sp³-hybridized carbons (Fsp3) is 0.167. The van der Waals surface area contributed by atoms with Gasteiger partial charge in [0.15, 0.2) is 0 Å². The number of fused-ring (bicyclic) bond motifs is 1. The van der Waals surface area contributed by atoms with E-state index in [4.69, 9.17) is 20.6 Å². The first-order valence-electron chi connectivity index (χ1n) is 7.62. The van der Waals surface area contributed by atoms with Crippen LogP contribution in [0.1, 0.15) is 18.1 Å². The summed E-state index contributed by atoms with van der Waals surface area (Å²) in [5, 5.41) is 10.6. The zero-order valence-electron chi connectivity index (χ0n) is 14.1. The Labute approximate surface area is 155 Å². The standard InChI is InChI=1S/C12H12O3.C6H5ClO3S/c1-3-9-7(2)10-5-4-8(13)6-11(10)15-12(9)14;7-5-1-3-6(4-2-5)11(8,9)10/h4-6,13H,3H2,1-2H3;1-4H,(H,8,9,10). The van der Waals surface area contributed by atoms with E-state index in [9.17, 15) is 18.3 Å². The summed E-state index contributed by atoms with van der Waals surface area (Å²) in [6.45, 7) is 3.82. The second kappa shape index (κ2) is 7.90. The maximum atomic E-state index is 11.5. The lowest BCUT2D eigenvalue weighted by Crippen LogP contribution is -2.08. The molecule has 6 nitrogen and oxygen atoms in total. The third kappa shape index (κ3) is 4.63. The Morgan fingerprint density at radius 2 is 1.73 bits per heavy atom. The number of phenols is 1. The molecule has 0 spiro atoms. The maximum Gasteiger partial charge on any atom is 0.339 e. The number of benzene rings is 2. The van der Waals surface area contributed by atoms with E-state index in [1.54, 1.807) is 12.1 Å². The van der Waals surface area contributed by atoms with Gasteiger partial charge in [0.25, 0.3) is 10.1 Å². The highest BCUT2D eigenvalue weighted by Crippen LogP contribution is 2.23. The van der Waals surface area contributed by atoms with Crippen LogP contribution in [0.2, 0.25) is 5.02 Å². The molecule has 0 bridgehead atoms. The molecule has 0 fully saturated rings. The molecule has 8 heteroatoms. The Balaban J connectivity index is 0.000000197. The molecule has 3 aromatic rings. The number of hydrogen-bond acceptors (Lipinski definition) is 5. The molecule has 138 valence electrons. The number of halogens is 1. The molecule has 0 radical (unpaired) electrons. The average Bonchev–Trinajstić information content (AvgIpc) is 2.55. The van der Waals surface area contributed by atoms with Crippen molar-refractivity contribution in [2.24, 2.45) is 0 Å². The van der Waals surface area contributed by atoms with Crippen molar-refractivity contribution in [3.63, 3.8) is 0 Å². The van der Waals surface area contributed by atoms with Gasteiger partial charge in [-0.25, -0.2) is 4.79 Å². The fourth-order valence-electron chi connectivity index (χ4n) is 2.40. The van der Waals surface area contributed by atoms with Gasteiger partial charge in [0.05, 0.1) is 4.90 Å². The third-order valence-electron chi connectivity index (χ3n) is 3.74. The van der Waals surface area contributed by atoms with E-state index in [2.05, 4.69) is 0 Å². The monoisotopic (exact) mass is 396 g/mol. The van der Waals surface area contributed by atoms with Gasteiger partial charge >= 0.3 is 5.63 Å². The highest BCUT2D eigenvalue weighted by atomic mass is 35.5. The van der Waals surface area contributed by atoms with Gasteiger partial charge in [0.2, 0.25) is 0 Å². The number of hydrogen-bond donors (Lipinski definition) is 2. The predicted molar refractivity (Wildman–Crippen MR) is 99.5 cm³/mol. The molecule has 1 aromatic heterocycles. The summed E-state index contributed by atoms with van der Waals surface area (Å²) in [5.74, 6) is 0.106. The molecular formula is C18H17ClO6S. The van der Waals surface area contributed by atoms with Gasteiger partial charge in [0, 0.05) is 22.0 Å². The average molecular weight is 397 g/mol. The maximum absolute atomic E-state index is 11.5. The predicted octanol–water partition coefficient (Wildman–Crippen LogP) is 3.96. The highest BCUT2D eigenvalue weighted by molar-refractivity contribution is 7.85. The minimum atomic E-state index is -4.08. The van der Waals surface area contributed by atoms with E-state index in [0.29, 0.717) is 22.6 Å². The van der Waals surface area contributed by atoms with Crippen molar-refractivity contribution in [2.75, 3.05) is 0 Å². The van der Waals surface area contributed by atoms with Crippen molar-refractivity contribution < 1.29 is 22.5 Å². The van der Waals surface area contributed by atoms with Crippen molar-refractivity contribution in [1.29, 1.82) is 0 Å². The van der Waals surface area contributed by atoms with Gasteiger partial charge in [-0.1, -0.05) is 18.5 Å². The van der Waals surface area contributed by atoms with Crippen LogP contribution in [0.5, 0.6) is 5.75 Å². The van der Waals surface area contributed by atoms with Gasteiger partial charge in [-0.2, -0.15) is 8.42 Å². The van der Waals surface area contributed by atoms with Crippen LogP contribution < -0.4 is 5.63 Å². The minimum Gasteiger partial charge on any atom is -0.508 e. The number of phenolic OH excluding ortho intramolecular Hbond substituents is 1. The Morgan fingerprint density at radius 1 is 1.12 bits per heavy atom. The molecule has 1 heterocycles. The van der Waals surface area contributed by atoms with Crippen LogP contribution in [0.4, 0.5) is 0 Å². The van der Waals surface area contributed by atoms with E-state index < -0.39 is 10.1 Å². The third-order valence-corrected chi connectivity index (χ3v) is 4.86. The van der Waals surface area contributed by atoms with Crippen LogP contribution in [-0.4, -0.2) is 18.1 Å². The molecule has 0 aliphatic heterocycles. The second-order valence-corrected chi connectivity index (χ2v) is 7.31. The zero-order chi connectivity index (χ0) is 19.5. The molecule has 0 aliphatic rings. The van der Waals surface area contributed by atoms with E-state index in [1.165, 1.54) is 30.3 Å². The highest BCUT2D eigenvalue weighted by Gasteiger charge is 2.09. The van der Waals surface area contributed by atoms with Gasteiger partial charge < -0.3 is 9.52 Å². The number of rotatable bonds is 2. The molecule has 26 heavy (non-hydrogen) atoms. The molecule has 3 rings (SSSR count). The molecule has 0 amide bonds. The summed E-state index contributed by atoms with van der Waals surface area (Å²) in [7, 11) is -4.08. The Morgan fingerprint density at radius 3 is 2.27 bits per heavy atom. The Hall–Kier alpha value is -2.35. The molecular weight excluding hydrogens is 380 g/mol. The van der Waals surface area contributed by atoms with Crippen LogP contribution >= 0.6 is 11.6 Å². The fourth-order valence-corrected chi connectivity index (χ4v) is 3.00. The van der Waals surface area contributed by atoms with Crippen molar-refractivity contribution in [2.45, 2.75) is 25.2 Å². The van der Waals surface area contributed by atoms with Crippen molar-refractivity contribution in [3.8, 4) is 5.75 Å². The number of aryl methyl sites for hydroxylation is 1. The van der Waals surface area contributed by atoms with Crippen LogP contribution in [0.3, 0.4) is 0 Å². The van der Waals surface area contributed by atoms with Gasteiger partial charge in [-0.05, 0) is 55.3 Å². The minimum absolute atomic E-state index is 0.106. The molecule has 0 saturated heterocycles. The SMILES string of the molecule is CCc1c(C)c2ccc(O)cc2oc1=O.O=S(=O)(O)c1ccc(Cl)cc1. The second-order valence-electron chi connectivity index (χ2n) is 5.46. The number of aromatic hydroxyl groups is 1.